The summed E-state index contributed by atoms with van der Waals surface area (Å²) in [6, 6.07) is -0.517. The van der Waals surface area contributed by atoms with Gasteiger partial charge in [-0.15, -0.1) is 0 Å². The monoisotopic (exact) mass is 304 g/mol. The molecule has 0 saturated heterocycles. The van der Waals surface area contributed by atoms with Crippen molar-refractivity contribution in [3.63, 3.8) is 0 Å². The van der Waals surface area contributed by atoms with Crippen LogP contribution in [-0.4, -0.2) is 27.0 Å². The zero-order valence-corrected chi connectivity index (χ0v) is 12.3. The summed E-state index contributed by atoms with van der Waals surface area (Å²) in [7, 11) is 0. The number of aromatic nitrogens is 3. The molecule has 0 amide bonds. The molecule has 0 spiro atoms. The van der Waals surface area contributed by atoms with Crippen molar-refractivity contribution in [2.75, 3.05) is 0 Å². The molecule has 3 atom stereocenters. The average molecular weight is 304 g/mol. The minimum atomic E-state index is -4.15. The van der Waals surface area contributed by atoms with E-state index in [0.717, 1.165) is 19.4 Å². The molecule has 21 heavy (non-hydrogen) atoms. The molecule has 2 rings (SSSR count). The van der Waals surface area contributed by atoms with Crippen molar-refractivity contribution < 1.29 is 13.2 Å². The molecule has 1 fully saturated rings. The summed E-state index contributed by atoms with van der Waals surface area (Å²) in [5, 5.41) is 4.10. The van der Waals surface area contributed by atoms with Gasteiger partial charge in [0.1, 0.15) is 12.2 Å². The highest BCUT2D eigenvalue weighted by molar-refractivity contribution is 4.95. The summed E-state index contributed by atoms with van der Waals surface area (Å²) < 4.78 is 41.2. The maximum Gasteiger partial charge on any atom is 0.392 e. The summed E-state index contributed by atoms with van der Waals surface area (Å²) in [6.45, 7) is 2.74. The third kappa shape index (κ3) is 3.96. The van der Waals surface area contributed by atoms with E-state index in [9.17, 15) is 13.2 Å². The van der Waals surface area contributed by atoms with Gasteiger partial charge in [0.2, 0.25) is 0 Å². The van der Waals surface area contributed by atoms with Crippen LogP contribution in [0.4, 0.5) is 13.2 Å². The Kier molecular flexibility index (Phi) is 5.24. The Balaban J connectivity index is 2.07. The Hall–Kier alpha value is -1.11. The number of rotatable bonds is 5. The summed E-state index contributed by atoms with van der Waals surface area (Å²) in [5.41, 5.74) is 6.11. The first kappa shape index (κ1) is 16.3. The fraction of sp³-hybridized carbons (Fsp3) is 0.857. The number of aryl methyl sites for hydroxylation is 1. The third-order valence-electron chi connectivity index (χ3n) is 4.34. The van der Waals surface area contributed by atoms with Crippen molar-refractivity contribution >= 4 is 0 Å². The molecule has 120 valence electrons. The SMILES string of the molecule is CCCn1ncnc1CC(N)C1CCCCC1C(F)(F)F. The first-order valence-electron chi connectivity index (χ1n) is 7.62. The maximum absolute atomic E-state index is 13.1. The third-order valence-corrected chi connectivity index (χ3v) is 4.34. The van der Waals surface area contributed by atoms with Crippen LogP contribution in [0.5, 0.6) is 0 Å². The van der Waals surface area contributed by atoms with Gasteiger partial charge in [0, 0.05) is 19.0 Å². The molecule has 7 heteroatoms. The molecule has 1 aliphatic carbocycles. The molecule has 0 bridgehead atoms. The lowest BCUT2D eigenvalue weighted by Crippen LogP contribution is -2.44. The van der Waals surface area contributed by atoms with Crippen LogP contribution < -0.4 is 5.73 Å². The first-order valence-corrected chi connectivity index (χ1v) is 7.62. The van der Waals surface area contributed by atoms with Crippen molar-refractivity contribution in [3.8, 4) is 0 Å². The Labute approximate surface area is 122 Å². The van der Waals surface area contributed by atoms with Crippen molar-refractivity contribution in [3.05, 3.63) is 12.2 Å². The second-order valence-corrected chi connectivity index (χ2v) is 5.86. The van der Waals surface area contributed by atoms with Gasteiger partial charge in [-0.25, -0.2) is 4.98 Å². The van der Waals surface area contributed by atoms with Gasteiger partial charge in [-0.3, -0.25) is 4.68 Å². The van der Waals surface area contributed by atoms with Crippen LogP contribution in [0.2, 0.25) is 0 Å². The summed E-state index contributed by atoms with van der Waals surface area (Å²) in [5.74, 6) is -1.09. The summed E-state index contributed by atoms with van der Waals surface area (Å²) >= 11 is 0. The standard InChI is InChI=1S/C14H23F3N4/c1-2-7-21-13(19-9-20-21)8-12(18)10-5-3-4-6-11(10)14(15,16)17/h9-12H,2-8,18H2,1H3. The molecule has 1 aromatic rings. The molecule has 3 unspecified atom stereocenters. The van der Waals surface area contributed by atoms with Crippen LogP contribution in [0.15, 0.2) is 6.33 Å². The molecule has 1 heterocycles. The van der Waals surface area contributed by atoms with E-state index in [2.05, 4.69) is 10.1 Å². The lowest BCUT2D eigenvalue weighted by Gasteiger charge is -2.36. The largest absolute Gasteiger partial charge is 0.392 e. The average Bonchev–Trinajstić information content (AvgIpc) is 2.85. The van der Waals surface area contributed by atoms with Gasteiger partial charge in [-0.2, -0.15) is 18.3 Å². The van der Waals surface area contributed by atoms with Gasteiger partial charge < -0.3 is 5.73 Å². The minimum absolute atomic E-state index is 0.198. The molecule has 1 aliphatic rings. The van der Waals surface area contributed by atoms with E-state index < -0.39 is 24.1 Å². The van der Waals surface area contributed by atoms with E-state index in [4.69, 9.17) is 5.73 Å². The van der Waals surface area contributed by atoms with E-state index in [1.807, 2.05) is 6.92 Å². The topological polar surface area (TPSA) is 56.7 Å². The van der Waals surface area contributed by atoms with Crippen LogP contribution in [0, 0.1) is 11.8 Å². The number of nitrogens with zero attached hydrogens (tertiary/aromatic N) is 3. The fourth-order valence-electron chi connectivity index (χ4n) is 3.29. The summed E-state index contributed by atoms with van der Waals surface area (Å²) in [4.78, 5) is 4.15. The molecular formula is C14H23F3N4. The molecule has 4 nitrogen and oxygen atoms in total. The first-order chi connectivity index (χ1) is 9.93. The Bertz CT molecular complexity index is 444. The maximum atomic E-state index is 13.1. The van der Waals surface area contributed by atoms with Gasteiger partial charge in [0.15, 0.2) is 0 Å². The van der Waals surface area contributed by atoms with Crippen LogP contribution >= 0.6 is 0 Å². The predicted molar refractivity (Wildman–Crippen MR) is 73.5 cm³/mol. The zero-order chi connectivity index (χ0) is 15.5. The summed E-state index contributed by atoms with van der Waals surface area (Å²) in [6.07, 6.45) is 0.764. The Morgan fingerprint density at radius 2 is 2.10 bits per heavy atom. The van der Waals surface area contributed by atoms with Gasteiger partial charge in [0.05, 0.1) is 5.92 Å². The van der Waals surface area contributed by atoms with E-state index >= 15 is 0 Å². The highest BCUT2D eigenvalue weighted by Crippen LogP contribution is 2.42. The Morgan fingerprint density at radius 3 is 2.76 bits per heavy atom. The second kappa shape index (κ2) is 6.77. The van der Waals surface area contributed by atoms with Crippen molar-refractivity contribution in [2.45, 2.75) is 64.2 Å². The predicted octanol–water partition coefficient (Wildman–Crippen LogP) is 2.93. The number of hydrogen-bond donors (Lipinski definition) is 1. The second-order valence-electron chi connectivity index (χ2n) is 5.86. The highest BCUT2D eigenvalue weighted by atomic mass is 19.4. The molecular weight excluding hydrogens is 281 g/mol. The van der Waals surface area contributed by atoms with E-state index in [1.165, 1.54) is 6.33 Å². The molecule has 1 saturated carbocycles. The normalized spacial score (nSPS) is 25.0. The van der Waals surface area contributed by atoms with Crippen LogP contribution in [-0.2, 0) is 13.0 Å². The molecule has 0 radical (unpaired) electrons. The quantitative estimate of drug-likeness (QED) is 0.910. The highest BCUT2D eigenvalue weighted by Gasteiger charge is 2.47. The lowest BCUT2D eigenvalue weighted by molar-refractivity contribution is -0.198. The van der Waals surface area contributed by atoms with E-state index in [1.54, 1.807) is 4.68 Å². The van der Waals surface area contributed by atoms with Crippen molar-refractivity contribution in [2.24, 2.45) is 17.6 Å². The van der Waals surface area contributed by atoms with E-state index in [-0.39, 0.29) is 6.42 Å². The molecule has 1 aromatic heterocycles. The van der Waals surface area contributed by atoms with Gasteiger partial charge in [-0.05, 0) is 25.2 Å². The number of halogens is 3. The Morgan fingerprint density at radius 1 is 1.38 bits per heavy atom. The fourth-order valence-corrected chi connectivity index (χ4v) is 3.29. The van der Waals surface area contributed by atoms with Gasteiger partial charge >= 0.3 is 6.18 Å². The van der Waals surface area contributed by atoms with Gasteiger partial charge in [0.25, 0.3) is 0 Å². The van der Waals surface area contributed by atoms with Crippen LogP contribution in [0.25, 0.3) is 0 Å². The zero-order valence-electron chi connectivity index (χ0n) is 12.3. The van der Waals surface area contributed by atoms with E-state index in [0.29, 0.717) is 25.1 Å². The van der Waals surface area contributed by atoms with Crippen LogP contribution in [0.1, 0.15) is 44.9 Å². The molecule has 0 aromatic carbocycles. The van der Waals surface area contributed by atoms with Crippen molar-refractivity contribution in [1.82, 2.24) is 14.8 Å². The molecule has 2 N–H and O–H groups in total. The smallest absolute Gasteiger partial charge is 0.327 e. The lowest BCUT2D eigenvalue weighted by atomic mass is 9.74. The van der Waals surface area contributed by atoms with Crippen molar-refractivity contribution in [1.29, 1.82) is 0 Å². The number of hydrogen-bond acceptors (Lipinski definition) is 3. The number of alkyl halides is 3. The molecule has 0 aliphatic heterocycles. The minimum Gasteiger partial charge on any atom is -0.327 e. The number of nitrogens with two attached hydrogens (primary N) is 1. The van der Waals surface area contributed by atoms with Crippen LogP contribution in [0.3, 0.4) is 0 Å². The van der Waals surface area contributed by atoms with Gasteiger partial charge in [-0.1, -0.05) is 19.8 Å².